The molecule has 1 aromatic heterocycles. The summed E-state index contributed by atoms with van der Waals surface area (Å²) in [5.74, 6) is 1.14. The fraction of sp³-hybridized carbons (Fsp3) is 0.333. The third-order valence-corrected chi connectivity index (χ3v) is 2.42. The van der Waals surface area contributed by atoms with Crippen molar-refractivity contribution in [2.24, 2.45) is 0 Å². The molecule has 0 unspecified atom stereocenters. The van der Waals surface area contributed by atoms with Crippen molar-refractivity contribution in [3.8, 4) is 0 Å². The number of hydrogen-bond acceptors (Lipinski definition) is 2. The third kappa shape index (κ3) is 1.91. The molecule has 0 amide bonds. The van der Waals surface area contributed by atoms with Gasteiger partial charge in [-0.05, 0) is 18.6 Å². The number of Topliss-reactive ketones (excluding diaryl/α,β-unsaturated/α-hetero) is 1. The Hall–Kier alpha value is -1.64. The number of aromatic nitrogens is 2. The molecular weight excluding hydrogens is 188 g/mol. The lowest BCUT2D eigenvalue weighted by Crippen LogP contribution is -1.96. The quantitative estimate of drug-likeness (QED) is 0.829. The van der Waals surface area contributed by atoms with Gasteiger partial charge in [0.1, 0.15) is 11.6 Å². The van der Waals surface area contributed by atoms with Gasteiger partial charge in [0, 0.05) is 12.8 Å². The SMILES string of the molecule is CCc1nc2c(CC(C)=O)cccc2[nH]1. The first-order valence-electron chi connectivity index (χ1n) is 5.16. The van der Waals surface area contributed by atoms with Crippen LogP contribution in [-0.2, 0) is 17.6 Å². The zero-order valence-electron chi connectivity index (χ0n) is 9.00. The first kappa shape index (κ1) is 9.90. The summed E-state index contributed by atoms with van der Waals surface area (Å²) in [4.78, 5) is 18.8. The van der Waals surface area contributed by atoms with Crippen molar-refractivity contribution >= 4 is 16.8 Å². The van der Waals surface area contributed by atoms with Crippen molar-refractivity contribution in [1.82, 2.24) is 9.97 Å². The largest absolute Gasteiger partial charge is 0.342 e. The molecule has 0 aliphatic rings. The zero-order valence-corrected chi connectivity index (χ0v) is 9.00. The average Bonchev–Trinajstić information content (AvgIpc) is 2.61. The molecule has 0 saturated heterocycles. The second kappa shape index (κ2) is 3.85. The molecule has 0 atom stereocenters. The lowest BCUT2D eigenvalue weighted by Gasteiger charge is -1.97. The van der Waals surface area contributed by atoms with Crippen LogP contribution in [0, 0.1) is 0 Å². The number of carbonyl (C=O) groups is 1. The summed E-state index contributed by atoms with van der Waals surface area (Å²) in [6, 6.07) is 5.91. The summed E-state index contributed by atoms with van der Waals surface area (Å²) >= 11 is 0. The molecule has 0 bridgehead atoms. The predicted molar refractivity (Wildman–Crippen MR) is 59.9 cm³/mol. The number of para-hydroxylation sites is 1. The van der Waals surface area contributed by atoms with E-state index >= 15 is 0 Å². The molecule has 0 spiro atoms. The molecule has 2 aromatic rings. The molecule has 78 valence electrons. The van der Waals surface area contributed by atoms with E-state index in [1.165, 1.54) is 0 Å². The van der Waals surface area contributed by atoms with Crippen molar-refractivity contribution in [2.75, 3.05) is 0 Å². The Morgan fingerprint density at radius 2 is 2.27 bits per heavy atom. The lowest BCUT2D eigenvalue weighted by molar-refractivity contribution is -0.116. The standard InChI is InChI=1S/C12H14N2O/c1-3-11-13-10-6-4-5-9(7-8(2)15)12(10)14-11/h4-6H,3,7H2,1-2H3,(H,13,14). The van der Waals surface area contributed by atoms with E-state index in [4.69, 9.17) is 0 Å². The van der Waals surface area contributed by atoms with Gasteiger partial charge in [-0.3, -0.25) is 4.79 Å². The zero-order chi connectivity index (χ0) is 10.8. The minimum atomic E-state index is 0.170. The average molecular weight is 202 g/mol. The lowest BCUT2D eigenvalue weighted by atomic mass is 10.1. The molecule has 0 aliphatic carbocycles. The minimum Gasteiger partial charge on any atom is -0.342 e. The highest BCUT2D eigenvalue weighted by Crippen LogP contribution is 2.17. The molecule has 0 radical (unpaired) electrons. The van der Waals surface area contributed by atoms with E-state index in [-0.39, 0.29) is 5.78 Å². The Balaban J connectivity index is 2.54. The first-order valence-corrected chi connectivity index (χ1v) is 5.16. The van der Waals surface area contributed by atoms with Crippen molar-refractivity contribution < 1.29 is 4.79 Å². The topological polar surface area (TPSA) is 45.8 Å². The molecule has 0 fully saturated rings. The van der Waals surface area contributed by atoms with Gasteiger partial charge in [0.15, 0.2) is 0 Å². The molecule has 2 rings (SSSR count). The number of nitrogens with one attached hydrogen (secondary N) is 1. The van der Waals surface area contributed by atoms with Gasteiger partial charge in [0.05, 0.1) is 11.0 Å². The number of H-pyrrole nitrogens is 1. The first-order chi connectivity index (χ1) is 7.20. The molecule has 1 aromatic carbocycles. The molecule has 1 N–H and O–H groups in total. The Kier molecular flexibility index (Phi) is 2.54. The molecular formula is C12H14N2O. The number of benzene rings is 1. The Labute approximate surface area is 88.5 Å². The second-order valence-electron chi connectivity index (χ2n) is 3.73. The second-order valence-corrected chi connectivity index (χ2v) is 3.73. The van der Waals surface area contributed by atoms with Crippen LogP contribution in [-0.4, -0.2) is 15.8 Å². The Morgan fingerprint density at radius 3 is 2.93 bits per heavy atom. The van der Waals surface area contributed by atoms with E-state index in [0.29, 0.717) is 6.42 Å². The summed E-state index contributed by atoms with van der Waals surface area (Å²) in [5.41, 5.74) is 2.96. The highest BCUT2D eigenvalue weighted by molar-refractivity contribution is 5.86. The van der Waals surface area contributed by atoms with Gasteiger partial charge in [0.25, 0.3) is 0 Å². The number of ketones is 1. The number of hydrogen-bond donors (Lipinski definition) is 1. The maximum atomic E-state index is 11.1. The predicted octanol–water partition coefficient (Wildman–Crippen LogP) is 2.26. The van der Waals surface area contributed by atoms with Crippen LogP contribution in [0.1, 0.15) is 25.2 Å². The van der Waals surface area contributed by atoms with Crippen LogP contribution in [0.3, 0.4) is 0 Å². The summed E-state index contributed by atoms with van der Waals surface area (Å²) in [7, 11) is 0. The minimum absolute atomic E-state index is 0.170. The van der Waals surface area contributed by atoms with Crippen LogP contribution in [0.25, 0.3) is 11.0 Å². The molecule has 3 nitrogen and oxygen atoms in total. The number of carbonyl (C=O) groups excluding carboxylic acids is 1. The van der Waals surface area contributed by atoms with Gasteiger partial charge in [-0.1, -0.05) is 19.1 Å². The molecule has 0 aliphatic heterocycles. The molecule has 0 saturated carbocycles. The van der Waals surface area contributed by atoms with E-state index in [9.17, 15) is 4.79 Å². The van der Waals surface area contributed by atoms with E-state index in [1.54, 1.807) is 6.92 Å². The van der Waals surface area contributed by atoms with Crippen molar-refractivity contribution in [1.29, 1.82) is 0 Å². The smallest absolute Gasteiger partial charge is 0.134 e. The molecule has 1 heterocycles. The van der Waals surface area contributed by atoms with Gasteiger partial charge in [-0.2, -0.15) is 0 Å². The van der Waals surface area contributed by atoms with Gasteiger partial charge >= 0.3 is 0 Å². The summed E-state index contributed by atoms with van der Waals surface area (Å²) in [6.07, 6.45) is 1.35. The fourth-order valence-corrected chi connectivity index (χ4v) is 1.72. The van der Waals surface area contributed by atoms with E-state index in [0.717, 1.165) is 28.8 Å². The monoisotopic (exact) mass is 202 g/mol. The number of fused-ring (bicyclic) bond motifs is 1. The van der Waals surface area contributed by atoms with Crippen LogP contribution in [0.15, 0.2) is 18.2 Å². The number of aryl methyl sites for hydroxylation is 1. The Morgan fingerprint density at radius 1 is 1.47 bits per heavy atom. The van der Waals surface area contributed by atoms with Crippen LogP contribution < -0.4 is 0 Å². The van der Waals surface area contributed by atoms with Crippen LogP contribution >= 0.6 is 0 Å². The van der Waals surface area contributed by atoms with E-state index < -0.39 is 0 Å². The summed E-state index contributed by atoms with van der Waals surface area (Å²) < 4.78 is 0. The maximum absolute atomic E-state index is 11.1. The number of rotatable bonds is 3. The van der Waals surface area contributed by atoms with Gasteiger partial charge in [-0.15, -0.1) is 0 Å². The third-order valence-electron chi connectivity index (χ3n) is 2.42. The summed E-state index contributed by atoms with van der Waals surface area (Å²) in [6.45, 7) is 3.66. The van der Waals surface area contributed by atoms with Crippen LogP contribution in [0.5, 0.6) is 0 Å². The number of aromatic amines is 1. The van der Waals surface area contributed by atoms with Gasteiger partial charge in [-0.25, -0.2) is 4.98 Å². The number of imidazole rings is 1. The van der Waals surface area contributed by atoms with Crippen LogP contribution in [0.2, 0.25) is 0 Å². The molecule has 3 heteroatoms. The van der Waals surface area contributed by atoms with Gasteiger partial charge < -0.3 is 4.98 Å². The Bertz CT molecular complexity index is 499. The van der Waals surface area contributed by atoms with Crippen molar-refractivity contribution in [3.63, 3.8) is 0 Å². The van der Waals surface area contributed by atoms with E-state index in [2.05, 4.69) is 16.9 Å². The van der Waals surface area contributed by atoms with Crippen molar-refractivity contribution in [3.05, 3.63) is 29.6 Å². The normalized spacial score (nSPS) is 10.8. The highest BCUT2D eigenvalue weighted by atomic mass is 16.1. The molecule has 15 heavy (non-hydrogen) atoms. The highest BCUT2D eigenvalue weighted by Gasteiger charge is 2.07. The number of nitrogens with zero attached hydrogens (tertiary/aromatic N) is 1. The van der Waals surface area contributed by atoms with Crippen molar-refractivity contribution in [2.45, 2.75) is 26.7 Å². The van der Waals surface area contributed by atoms with E-state index in [1.807, 2.05) is 18.2 Å². The fourth-order valence-electron chi connectivity index (χ4n) is 1.72. The van der Waals surface area contributed by atoms with Crippen LogP contribution in [0.4, 0.5) is 0 Å². The summed E-state index contributed by atoms with van der Waals surface area (Å²) in [5, 5.41) is 0. The maximum Gasteiger partial charge on any atom is 0.134 e. The van der Waals surface area contributed by atoms with Gasteiger partial charge in [0.2, 0.25) is 0 Å².